The van der Waals surface area contributed by atoms with Gasteiger partial charge < -0.3 is 9.88 Å². The Bertz CT molecular complexity index is 1070. The SMILES string of the molecule is CC(C)N1CC2(CCN(C(=O)c3ccc4nc[nH]c4c3)CC2)C1c1ccc(Cl)cc1. The topological polar surface area (TPSA) is 52.2 Å². The third-order valence-electron chi connectivity index (χ3n) is 6.97. The van der Waals surface area contributed by atoms with Crippen LogP contribution in [0.2, 0.25) is 5.02 Å². The molecule has 5 nitrogen and oxygen atoms in total. The van der Waals surface area contributed by atoms with Gasteiger partial charge in [0, 0.05) is 47.7 Å². The standard InChI is InChI=1S/C24H27ClN4O/c1-16(2)29-14-24(22(29)17-3-6-19(25)7-4-17)9-11-28(12-10-24)23(30)18-5-8-20-21(13-18)27-15-26-20/h3-8,13,15-16,22H,9-12,14H2,1-2H3,(H,26,27). The van der Waals surface area contributed by atoms with Crippen LogP contribution < -0.4 is 0 Å². The molecule has 1 atom stereocenters. The molecule has 1 unspecified atom stereocenters. The number of likely N-dealkylation sites (tertiary alicyclic amines) is 2. The fourth-order valence-electron chi connectivity index (χ4n) is 5.29. The van der Waals surface area contributed by atoms with Crippen LogP contribution in [0.3, 0.4) is 0 Å². The molecule has 5 rings (SSSR count). The first-order valence-corrected chi connectivity index (χ1v) is 11.1. The molecule has 3 heterocycles. The van der Waals surface area contributed by atoms with E-state index in [0.29, 0.717) is 12.1 Å². The van der Waals surface area contributed by atoms with E-state index in [1.165, 1.54) is 5.56 Å². The minimum absolute atomic E-state index is 0.115. The summed E-state index contributed by atoms with van der Waals surface area (Å²) in [5.74, 6) is 0.115. The number of amides is 1. The number of nitrogens with zero attached hydrogens (tertiary/aromatic N) is 3. The molecule has 156 valence electrons. The Morgan fingerprint density at radius 2 is 1.90 bits per heavy atom. The fraction of sp³-hybridized carbons (Fsp3) is 0.417. The number of nitrogens with one attached hydrogen (secondary N) is 1. The first-order chi connectivity index (χ1) is 14.5. The second kappa shape index (κ2) is 7.40. The van der Waals surface area contributed by atoms with Gasteiger partial charge in [-0.05, 0) is 62.6 Å². The van der Waals surface area contributed by atoms with Crippen LogP contribution in [0.15, 0.2) is 48.8 Å². The molecule has 3 aromatic rings. The van der Waals surface area contributed by atoms with Crippen molar-refractivity contribution in [3.63, 3.8) is 0 Å². The van der Waals surface area contributed by atoms with Crippen molar-refractivity contribution in [3.8, 4) is 0 Å². The third kappa shape index (κ3) is 3.21. The Balaban J connectivity index is 1.33. The number of rotatable bonds is 3. The van der Waals surface area contributed by atoms with Crippen LogP contribution >= 0.6 is 11.6 Å². The van der Waals surface area contributed by atoms with E-state index in [2.05, 4.69) is 40.8 Å². The number of carbonyl (C=O) groups excluding carboxylic acids is 1. The number of fused-ring (bicyclic) bond motifs is 1. The Kier molecular flexibility index (Phi) is 4.83. The van der Waals surface area contributed by atoms with Crippen LogP contribution in [-0.4, -0.2) is 51.4 Å². The molecule has 2 fully saturated rings. The number of aromatic nitrogens is 2. The number of aromatic amines is 1. The summed E-state index contributed by atoms with van der Waals surface area (Å²) in [7, 11) is 0. The maximum absolute atomic E-state index is 13.1. The lowest BCUT2D eigenvalue weighted by Crippen LogP contribution is -2.64. The van der Waals surface area contributed by atoms with Crippen LogP contribution in [0.5, 0.6) is 0 Å². The summed E-state index contributed by atoms with van der Waals surface area (Å²) >= 11 is 6.13. The molecule has 30 heavy (non-hydrogen) atoms. The fourth-order valence-corrected chi connectivity index (χ4v) is 5.42. The monoisotopic (exact) mass is 422 g/mol. The first-order valence-electron chi connectivity index (χ1n) is 10.7. The normalized spacial score (nSPS) is 21.3. The molecule has 1 N–H and O–H groups in total. The molecule has 2 aliphatic heterocycles. The number of hydrogen-bond donors (Lipinski definition) is 1. The lowest BCUT2D eigenvalue weighted by atomic mass is 9.62. The number of benzene rings is 2. The molecule has 0 saturated carbocycles. The molecule has 1 aromatic heterocycles. The van der Waals surface area contributed by atoms with Crippen molar-refractivity contribution < 1.29 is 4.79 Å². The Hall–Kier alpha value is -2.37. The number of hydrogen-bond acceptors (Lipinski definition) is 3. The van der Waals surface area contributed by atoms with Crippen molar-refractivity contribution in [1.82, 2.24) is 19.8 Å². The summed E-state index contributed by atoms with van der Waals surface area (Å²) in [6.45, 7) is 7.23. The van der Waals surface area contributed by atoms with Gasteiger partial charge in [-0.15, -0.1) is 0 Å². The molecular formula is C24H27ClN4O. The summed E-state index contributed by atoms with van der Waals surface area (Å²) < 4.78 is 0. The highest BCUT2D eigenvalue weighted by Gasteiger charge is 2.54. The number of H-pyrrole nitrogens is 1. The molecule has 2 aromatic carbocycles. The highest BCUT2D eigenvalue weighted by molar-refractivity contribution is 6.30. The van der Waals surface area contributed by atoms with Crippen LogP contribution in [0, 0.1) is 5.41 Å². The summed E-state index contributed by atoms with van der Waals surface area (Å²) in [5, 5.41) is 0.776. The summed E-state index contributed by atoms with van der Waals surface area (Å²) in [6, 6.07) is 14.9. The molecule has 0 radical (unpaired) electrons. The van der Waals surface area contributed by atoms with E-state index in [4.69, 9.17) is 11.6 Å². The van der Waals surface area contributed by atoms with Gasteiger partial charge in [0.1, 0.15) is 0 Å². The second-order valence-corrected chi connectivity index (χ2v) is 9.45. The minimum atomic E-state index is 0.115. The zero-order chi connectivity index (χ0) is 20.9. The quantitative estimate of drug-likeness (QED) is 0.652. The van der Waals surface area contributed by atoms with Crippen LogP contribution in [0.1, 0.15) is 48.7 Å². The van der Waals surface area contributed by atoms with Crippen LogP contribution in [0.25, 0.3) is 11.0 Å². The summed E-state index contributed by atoms with van der Waals surface area (Å²) in [5.41, 5.74) is 4.10. The van der Waals surface area contributed by atoms with Gasteiger partial charge in [0.2, 0.25) is 0 Å². The van der Waals surface area contributed by atoms with E-state index in [-0.39, 0.29) is 11.3 Å². The third-order valence-corrected chi connectivity index (χ3v) is 7.22. The van der Waals surface area contributed by atoms with Crippen molar-refractivity contribution in [2.45, 2.75) is 38.8 Å². The predicted molar refractivity (Wildman–Crippen MR) is 120 cm³/mol. The number of imidazole rings is 1. The minimum Gasteiger partial charge on any atom is -0.345 e. The predicted octanol–water partition coefficient (Wildman–Crippen LogP) is 4.90. The average molecular weight is 423 g/mol. The van der Waals surface area contributed by atoms with Gasteiger partial charge in [-0.2, -0.15) is 0 Å². The lowest BCUT2D eigenvalue weighted by molar-refractivity contribution is -0.124. The highest BCUT2D eigenvalue weighted by Crippen LogP contribution is 2.55. The largest absolute Gasteiger partial charge is 0.345 e. The van der Waals surface area contributed by atoms with E-state index >= 15 is 0 Å². The molecule has 6 heteroatoms. The Morgan fingerprint density at radius 3 is 2.60 bits per heavy atom. The maximum atomic E-state index is 13.1. The molecule has 0 aliphatic carbocycles. The zero-order valence-corrected chi connectivity index (χ0v) is 18.2. The van der Waals surface area contributed by atoms with Gasteiger partial charge in [-0.3, -0.25) is 9.69 Å². The maximum Gasteiger partial charge on any atom is 0.253 e. The summed E-state index contributed by atoms with van der Waals surface area (Å²) in [6.07, 6.45) is 3.72. The van der Waals surface area contributed by atoms with Crippen molar-refractivity contribution in [3.05, 3.63) is 64.9 Å². The Labute approximate surface area is 182 Å². The molecule has 1 spiro atoms. The van der Waals surface area contributed by atoms with Crippen molar-refractivity contribution in [2.75, 3.05) is 19.6 Å². The van der Waals surface area contributed by atoms with E-state index < -0.39 is 0 Å². The van der Waals surface area contributed by atoms with Crippen LogP contribution in [-0.2, 0) is 0 Å². The molecule has 2 saturated heterocycles. The van der Waals surface area contributed by atoms with E-state index in [1.807, 2.05) is 35.2 Å². The van der Waals surface area contributed by atoms with Crippen LogP contribution in [0.4, 0.5) is 0 Å². The van der Waals surface area contributed by atoms with Crippen molar-refractivity contribution in [2.24, 2.45) is 5.41 Å². The lowest BCUT2D eigenvalue weighted by Gasteiger charge is -2.62. The van der Waals surface area contributed by atoms with Gasteiger partial charge >= 0.3 is 0 Å². The van der Waals surface area contributed by atoms with E-state index in [0.717, 1.165) is 54.1 Å². The van der Waals surface area contributed by atoms with Gasteiger partial charge in [0.15, 0.2) is 0 Å². The van der Waals surface area contributed by atoms with Crippen molar-refractivity contribution >= 4 is 28.5 Å². The highest BCUT2D eigenvalue weighted by atomic mass is 35.5. The Morgan fingerprint density at radius 1 is 1.17 bits per heavy atom. The summed E-state index contributed by atoms with van der Waals surface area (Å²) in [4.78, 5) is 25.0. The molecule has 1 amide bonds. The first kappa shape index (κ1) is 19.6. The van der Waals surface area contributed by atoms with Gasteiger partial charge in [-0.25, -0.2) is 4.98 Å². The van der Waals surface area contributed by atoms with Crippen molar-refractivity contribution in [1.29, 1.82) is 0 Å². The average Bonchev–Trinajstić information content (AvgIpc) is 3.21. The number of halogens is 1. The van der Waals surface area contributed by atoms with Gasteiger partial charge in [0.25, 0.3) is 5.91 Å². The zero-order valence-electron chi connectivity index (χ0n) is 17.4. The molecule has 0 bridgehead atoms. The molecular weight excluding hydrogens is 396 g/mol. The van der Waals surface area contributed by atoms with E-state index in [9.17, 15) is 4.79 Å². The number of carbonyl (C=O) groups is 1. The smallest absolute Gasteiger partial charge is 0.253 e. The van der Waals surface area contributed by atoms with Gasteiger partial charge in [-0.1, -0.05) is 23.7 Å². The number of piperidine rings is 1. The second-order valence-electron chi connectivity index (χ2n) is 9.01. The van der Waals surface area contributed by atoms with E-state index in [1.54, 1.807) is 6.33 Å². The van der Waals surface area contributed by atoms with Gasteiger partial charge in [0.05, 0.1) is 17.4 Å². The molecule has 2 aliphatic rings.